The number of ketones is 1. The standard InChI is InChI=1S/C21H21NO3/c1-21(2)13-16-11-15(20(24)25-3)9-10-17(16)18(22-21)12-19(23)14-7-5-4-6-8-14/h4-12,22H,13H2,1-3H3. The Morgan fingerprint density at radius 2 is 1.80 bits per heavy atom. The van der Waals surface area contributed by atoms with Crippen LogP contribution in [0.4, 0.5) is 0 Å². The molecule has 0 bridgehead atoms. The summed E-state index contributed by atoms with van der Waals surface area (Å²) >= 11 is 0. The van der Waals surface area contributed by atoms with E-state index in [0.717, 1.165) is 23.2 Å². The fraction of sp³-hybridized carbons (Fsp3) is 0.238. The van der Waals surface area contributed by atoms with Crippen LogP contribution in [0.25, 0.3) is 5.70 Å². The van der Waals surface area contributed by atoms with Gasteiger partial charge in [0.1, 0.15) is 0 Å². The van der Waals surface area contributed by atoms with Crippen LogP contribution in [0.3, 0.4) is 0 Å². The van der Waals surface area contributed by atoms with Crippen LogP contribution in [0, 0.1) is 0 Å². The number of carbonyl (C=O) groups excluding carboxylic acids is 2. The molecule has 4 nitrogen and oxygen atoms in total. The Balaban J connectivity index is 2.03. The molecule has 1 aliphatic heterocycles. The molecule has 4 heteroatoms. The van der Waals surface area contributed by atoms with Crippen molar-refractivity contribution in [1.29, 1.82) is 0 Å². The average Bonchev–Trinajstić information content (AvgIpc) is 2.60. The van der Waals surface area contributed by atoms with Crippen LogP contribution >= 0.6 is 0 Å². The highest BCUT2D eigenvalue weighted by molar-refractivity contribution is 6.08. The summed E-state index contributed by atoms with van der Waals surface area (Å²) in [6.07, 6.45) is 2.39. The third-order valence-electron chi connectivity index (χ3n) is 4.26. The molecule has 0 aromatic heterocycles. The summed E-state index contributed by atoms with van der Waals surface area (Å²) in [5, 5.41) is 3.44. The lowest BCUT2D eigenvalue weighted by atomic mass is 9.84. The minimum Gasteiger partial charge on any atom is -0.465 e. The van der Waals surface area contributed by atoms with Gasteiger partial charge in [0.2, 0.25) is 0 Å². The van der Waals surface area contributed by atoms with Gasteiger partial charge in [-0.25, -0.2) is 4.79 Å². The quantitative estimate of drug-likeness (QED) is 0.529. The summed E-state index contributed by atoms with van der Waals surface area (Å²) in [6, 6.07) is 14.6. The molecule has 25 heavy (non-hydrogen) atoms. The normalized spacial score (nSPS) is 16.7. The Morgan fingerprint density at radius 3 is 2.48 bits per heavy atom. The van der Waals surface area contributed by atoms with Crippen LogP contribution in [0.5, 0.6) is 0 Å². The maximum absolute atomic E-state index is 12.6. The second-order valence-corrected chi connectivity index (χ2v) is 6.84. The van der Waals surface area contributed by atoms with E-state index in [4.69, 9.17) is 4.74 Å². The largest absolute Gasteiger partial charge is 0.465 e. The number of ether oxygens (including phenoxy) is 1. The van der Waals surface area contributed by atoms with Crippen molar-refractivity contribution >= 4 is 17.4 Å². The third kappa shape index (κ3) is 3.63. The van der Waals surface area contributed by atoms with Gasteiger partial charge in [-0.2, -0.15) is 0 Å². The maximum atomic E-state index is 12.6. The fourth-order valence-electron chi connectivity index (χ4n) is 3.13. The minimum absolute atomic E-state index is 0.0520. The number of rotatable bonds is 3. The first-order chi connectivity index (χ1) is 11.9. The number of hydrogen-bond donors (Lipinski definition) is 1. The topological polar surface area (TPSA) is 55.4 Å². The minimum atomic E-state index is -0.356. The number of nitrogens with one attached hydrogen (secondary N) is 1. The number of esters is 1. The van der Waals surface area contributed by atoms with Crippen molar-refractivity contribution < 1.29 is 14.3 Å². The molecular weight excluding hydrogens is 314 g/mol. The first-order valence-electron chi connectivity index (χ1n) is 8.20. The third-order valence-corrected chi connectivity index (χ3v) is 4.26. The smallest absolute Gasteiger partial charge is 0.337 e. The summed E-state index contributed by atoms with van der Waals surface area (Å²) in [4.78, 5) is 24.4. The maximum Gasteiger partial charge on any atom is 0.337 e. The monoisotopic (exact) mass is 335 g/mol. The zero-order valence-corrected chi connectivity index (χ0v) is 14.6. The average molecular weight is 335 g/mol. The Morgan fingerprint density at radius 1 is 1.08 bits per heavy atom. The van der Waals surface area contributed by atoms with Crippen LogP contribution in [0.1, 0.15) is 45.7 Å². The zero-order chi connectivity index (χ0) is 18.0. The van der Waals surface area contributed by atoms with Gasteiger partial charge in [-0.05, 0) is 38.0 Å². The van der Waals surface area contributed by atoms with Crippen molar-refractivity contribution in [2.24, 2.45) is 0 Å². The van der Waals surface area contributed by atoms with E-state index in [-0.39, 0.29) is 17.3 Å². The van der Waals surface area contributed by atoms with Crippen molar-refractivity contribution in [3.63, 3.8) is 0 Å². The highest BCUT2D eigenvalue weighted by Crippen LogP contribution is 2.30. The van der Waals surface area contributed by atoms with Gasteiger partial charge in [-0.3, -0.25) is 4.79 Å². The lowest BCUT2D eigenvalue weighted by molar-refractivity contribution is 0.0600. The number of hydrogen-bond acceptors (Lipinski definition) is 4. The van der Waals surface area contributed by atoms with E-state index in [9.17, 15) is 9.59 Å². The van der Waals surface area contributed by atoms with Crippen LogP contribution < -0.4 is 5.32 Å². The summed E-state index contributed by atoms with van der Waals surface area (Å²) in [7, 11) is 1.37. The Kier molecular flexibility index (Phi) is 4.45. The molecule has 0 fully saturated rings. The van der Waals surface area contributed by atoms with E-state index in [2.05, 4.69) is 19.2 Å². The van der Waals surface area contributed by atoms with E-state index in [1.54, 1.807) is 24.3 Å². The molecule has 0 aliphatic carbocycles. The van der Waals surface area contributed by atoms with Crippen molar-refractivity contribution in [3.8, 4) is 0 Å². The Bertz CT molecular complexity index is 851. The van der Waals surface area contributed by atoms with E-state index in [0.29, 0.717) is 11.1 Å². The van der Waals surface area contributed by atoms with Gasteiger partial charge < -0.3 is 10.1 Å². The van der Waals surface area contributed by atoms with Gasteiger partial charge in [0.15, 0.2) is 5.78 Å². The second-order valence-electron chi connectivity index (χ2n) is 6.84. The molecule has 0 saturated carbocycles. The molecule has 0 spiro atoms. The summed E-state index contributed by atoms with van der Waals surface area (Å²) in [5.74, 6) is -0.408. The first-order valence-corrected chi connectivity index (χ1v) is 8.20. The molecule has 1 heterocycles. The zero-order valence-electron chi connectivity index (χ0n) is 14.6. The number of allylic oxidation sites excluding steroid dienone is 1. The highest BCUT2D eigenvalue weighted by Gasteiger charge is 2.28. The van der Waals surface area contributed by atoms with Crippen LogP contribution in [-0.4, -0.2) is 24.4 Å². The molecule has 0 unspecified atom stereocenters. The van der Waals surface area contributed by atoms with Gasteiger partial charge >= 0.3 is 5.97 Å². The molecule has 2 aromatic rings. The molecule has 128 valence electrons. The second kappa shape index (κ2) is 6.55. The molecule has 0 saturated heterocycles. The lowest BCUT2D eigenvalue weighted by Gasteiger charge is -2.35. The van der Waals surface area contributed by atoms with Crippen LogP contribution in [-0.2, 0) is 11.2 Å². The summed E-state index contributed by atoms with van der Waals surface area (Å²) in [6.45, 7) is 4.14. The SMILES string of the molecule is COC(=O)c1ccc2c(c1)CC(C)(C)NC2=CC(=O)c1ccccc1. The van der Waals surface area contributed by atoms with Gasteiger partial charge in [0.25, 0.3) is 0 Å². The lowest BCUT2D eigenvalue weighted by Crippen LogP contribution is -2.44. The number of methoxy groups -OCH3 is 1. The molecule has 0 amide bonds. The summed E-state index contributed by atoms with van der Waals surface area (Å²) in [5.41, 5.74) is 3.69. The van der Waals surface area contributed by atoms with Crippen molar-refractivity contribution in [1.82, 2.24) is 5.32 Å². The molecular formula is C21H21NO3. The summed E-state index contributed by atoms with van der Waals surface area (Å²) < 4.78 is 4.81. The van der Waals surface area contributed by atoms with Gasteiger partial charge in [-0.1, -0.05) is 36.4 Å². The molecule has 1 N–H and O–H groups in total. The van der Waals surface area contributed by atoms with E-state index in [1.807, 2.05) is 30.3 Å². The van der Waals surface area contributed by atoms with Gasteiger partial charge in [0.05, 0.1) is 12.7 Å². The van der Waals surface area contributed by atoms with Gasteiger partial charge in [-0.15, -0.1) is 0 Å². The number of benzene rings is 2. The predicted octanol–water partition coefficient (Wildman–Crippen LogP) is 3.62. The molecule has 1 aliphatic rings. The highest BCUT2D eigenvalue weighted by atomic mass is 16.5. The van der Waals surface area contributed by atoms with E-state index < -0.39 is 0 Å². The van der Waals surface area contributed by atoms with Gasteiger partial charge in [0, 0.05) is 28.4 Å². The first kappa shape index (κ1) is 17.0. The van der Waals surface area contributed by atoms with E-state index in [1.165, 1.54) is 7.11 Å². The molecule has 2 aromatic carbocycles. The van der Waals surface area contributed by atoms with E-state index >= 15 is 0 Å². The number of fused-ring (bicyclic) bond motifs is 1. The number of carbonyl (C=O) groups is 2. The van der Waals surface area contributed by atoms with Crippen molar-refractivity contribution in [2.45, 2.75) is 25.8 Å². The Labute approximate surface area is 147 Å². The molecule has 0 atom stereocenters. The van der Waals surface area contributed by atoms with Crippen LogP contribution in [0.2, 0.25) is 0 Å². The molecule has 0 radical (unpaired) electrons. The van der Waals surface area contributed by atoms with Crippen molar-refractivity contribution in [2.75, 3.05) is 7.11 Å². The van der Waals surface area contributed by atoms with Crippen LogP contribution in [0.15, 0.2) is 54.6 Å². The molecule has 3 rings (SSSR count). The fourth-order valence-corrected chi connectivity index (χ4v) is 3.13. The predicted molar refractivity (Wildman–Crippen MR) is 97.4 cm³/mol. The van der Waals surface area contributed by atoms with Crippen molar-refractivity contribution in [3.05, 3.63) is 76.9 Å². The Hall–Kier alpha value is -2.88.